The molecule has 2 rings (SSSR count). The molecule has 2 nitrogen and oxygen atoms in total. The number of nitrogens with zero attached hydrogens (tertiary/aromatic N) is 1. The number of fused-ring (bicyclic) bond motifs is 1. The van der Waals surface area contributed by atoms with Crippen molar-refractivity contribution in [2.24, 2.45) is 7.05 Å². The molecular weight excluding hydrogens is 238 g/mol. The third-order valence-corrected chi connectivity index (χ3v) is 3.09. The number of aromatic nitrogens is 1. The van der Waals surface area contributed by atoms with Crippen molar-refractivity contribution < 1.29 is 0 Å². The Bertz CT molecular complexity index is 485. The maximum Gasteiger partial charge on any atom is 0.257 e. The van der Waals surface area contributed by atoms with Crippen molar-refractivity contribution in [3.63, 3.8) is 0 Å². The molecule has 1 aromatic carbocycles. The van der Waals surface area contributed by atoms with Gasteiger partial charge in [-0.2, -0.15) is 0 Å². The topological polar surface area (TPSA) is 22.0 Å². The zero-order chi connectivity index (χ0) is 8.72. The third kappa shape index (κ3) is 1.11. The summed E-state index contributed by atoms with van der Waals surface area (Å²) in [6.45, 7) is 0. The highest BCUT2D eigenvalue weighted by molar-refractivity contribution is 9.10. The van der Waals surface area contributed by atoms with Crippen LogP contribution in [0.1, 0.15) is 0 Å². The van der Waals surface area contributed by atoms with E-state index >= 15 is 0 Å². The summed E-state index contributed by atoms with van der Waals surface area (Å²) in [6.07, 6.45) is 0. The van der Waals surface area contributed by atoms with Crippen LogP contribution in [0.3, 0.4) is 0 Å². The van der Waals surface area contributed by atoms with Crippen LogP contribution in [-0.4, -0.2) is 3.96 Å². The van der Waals surface area contributed by atoms with Gasteiger partial charge in [-0.1, -0.05) is 15.9 Å². The van der Waals surface area contributed by atoms with Crippen molar-refractivity contribution >= 4 is 38.4 Å². The lowest BCUT2D eigenvalue weighted by molar-refractivity contribution is 1.08. The van der Waals surface area contributed by atoms with Gasteiger partial charge in [0.1, 0.15) is 0 Å². The van der Waals surface area contributed by atoms with Gasteiger partial charge in [-0.15, -0.1) is 0 Å². The first-order valence-corrected chi connectivity index (χ1v) is 5.01. The minimum Gasteiger partial charge on any atom is -0.297 e. The van der Waals surface area contributed by atoms with Crippen LogP contribution in [0.25, 0.3) is 10.9 Å². The molecule has 0 amide bonds. The first kappa shape index (κ1) is 8.01. The Morgan fingerprint density at radius 3 is 3.00 bits per heavy atom. The van der Waals surface area contributed by atoms with E-state index in [1.807, 2.05) is 29.2 Å². The normalized spacial score (nSPS) is 10.8. The van der Waals surface area contributed by atoms with Crippen molar-refractivity contribution in [2.45, 2.75) is 0 Å². The van der Waals surface area contributed by atoms with Crippen LogP contribution in [0.5, 0.6) is 0 Å². The molecule has 2 aromatic rings. The van der Waals surface area contributed by atoms with Gasteiger partial charge in [0, 0.05) is 11.5 Å². The lowest BCUT2D eigenvalue weighted by Crippen LogP contribution is -1.86. The van der Waals surface area contributed by atoms with E-state index in [9.17, 15) is 4.79 Å². The number of hydrogen-bond acceptors (Lipinski definition) is 2. The third-order valence-electron chi connectivity index (χ3n) is 1.74. The van der Waals surface area contributed by atoms with Gasteiger partial charge in [0.25, 0.3) is 4.74 Å². The second-order valence-corrected chi connectivity index (χ2v) is 4.55. The summed E-state index contributed by atoms with van der Waals surface area (Å²) < 4.78 is 2.95. The maximum absolute atomic E-state index is 11.3. The second kappa shape index (κ2) is 2.71. The van der Waals surface area contributed by atoms with Crippen LogP contribution < -0.4 is 4.74 Å². The number of aryl methyl sites for hydroxylation is 1. The quantitative estimate of drug-likeness (QED) is 0.697. The zero-order valence-electron chi connectivity index (χ0n) is 6.37. The lowest BCUT2D eigenvalue weighted by atomic mass is 10.3. The molecule has 0 saturated carbocycles. The SMILES string of the molecule is Cn1sc(=O)c2cc(Br)ccc21. The summed E-state index contributed by atoms with van der Waals surface area (Å²) >= 11 is 4.56. The number of benzene rings is 1. The molecule has 0 radical (unpaired) electrons. The van der Waals surface area contributed by atoms with E-state index in [2.05, 4.69) is 15.9 Å². The Balaban J connectivity index is 3.00. The Labute approximate surface area is 81.7 Å². The van der Waals surface area contributed by atoms with E-state index in [4.69, 9.17) is 0 Å². The fourth-order valence-electron chi connectivity index (χ4n) is 1.17. The van der Waals surface area contributed by atoms with Gasteiger partial charge >= 0.3 is 0 Å². The smallest absolute Gasteiger partial charge is 0.257 e. The molecule has 4 heteroatoms. The van der Waals surface area contributed by atoms with Crippen molar-refractivity contribution in [3.8, 4) is 0 Å². The highest BCUT2D eigenvalue weighted by atomic mass is 79.9. The number of halogens is 1. The van der Waals surface area contributed by atoms with E-state index in [0.29, 0.717) is 0 Å². The molecular formula is C8H6BrNOS. The largest absolute Gasteiger partial charge is 0.297 e. The van der Waals surface area contributed by atoms with Gasteiger partial charge in [0.15, 0.2) is 0 Å². The lowest BCUT2D eigenvalue weighted by Gasteiger charge is -1.92. The highest BCUT2D eigenvalue weighted by Gasteiger charge is 2.03. The van der Waals surface area contributed by atoms with E-state index in [1.165, 1.54) is 11.5 Å². The van der Waals surface area contributed by atoms with Crippen LogP contribution >= 0.6 is 27.5 Å². The summed E-state index contributed by atoms with van der Waals surface area (Å²) in [4.78, 5) is 11.3. The molecule has 0 aliphatic carbocycles. The fourth-order valence-corrected chi connectivity index (χ4v) is 2.30. The van der Waals surface area contributed by atoms with Crippen LogP contribution in [0, 0.1) is 0 Å². The number of hydrogen-bond donors (Lipinski definition) is 0. The van der Waals surface area contributed by atoms with E-state index in [-0.39, 0.29) is 4.74 Å². The van der Waals surface area contributed by atoms with Crippen LogP contribution in [0.4, 0.5) is 0 Å². The van der Waals surface area contributed by atoms with Gasteiger partial charge in [-0.25, -0.2) is 0 Å². The summed E-state index contributed by atoms with van der Waals surface area (Å²) in [5.74, 6) is 0. The molecule has 1 aromatic heterocycles. The van der Waals surface area contributed by atoms with Gasteiger partial charge < -0.3 is 0 Å². The van der Waals surface area contributed by atoms with Crippen molar-refractivity contribution in [2.75, 3.05) is 0 Å². The van der Waals surface area contributed by atoms with E-state index < -0.39 is 0 Å². The predicted molar refractivity (Wildman–Crippen MR) is 54.8 cm³/mol. The van der Waals surface area contributed by atoms with Gasteiger partial charge in [-0.05, 0) is 29.7 Å². The van der Waals surface area contributed by atoms with Gasteiger partial charge in [0.05, 0.1) is 10.9 Å². The minimum atomic E-state index is 0.119. The van der Waals surface area contributed by atoms with Gasteiger partial charge in [0.2, 0.25) is 0 Å². The van der Waals surface area contributed by atoms with Crippen molar-refractivity contribution in [1.29, 1.82) is 0 Å². The molecule has 0 fully saturated rings. The summed E-state index contributed by atoms with van der Waals surface area (Å²) in [5.41, 5.74) is 0.994. The van der Waals surface area contributed by atoms with E-state index in [1.54, 1.807) is 0 Å². The summed E-state index contributed by atoms with van der Waals surface area (Å²) in [6, 6.07) is 5.74. The molecule has 0 unspecified atom stereocenters. The fraction of sp³-hybridized carbons (Fsp3) is 0.125. The zero-order valence-corrected chi connectivity index (χ0v) is 8.78. The molecule has 0 saturated heterocycles. The van der Waals surface area contributed by atoms with Crippen molar-refractivity contribution in [3.05, 3.63) is 32.2 Å². The van der Waals surface area contributed by atoms with Crippen LogP contribution in [-0.2, 0) is 7.05 Å². The molecule has 0 N–H and O–H groups in total. The van der Waals surface area contributed by atoms with Crippen LogP contribution in [0.2, 0.25) is 0 Å². The average Bonchev–Trinajstić information content (AvgIpc) is 2.28. The predicted octanol–water partition coefficient (Wildman–Crippen LogP) is 2.36. The minimum absolute atomic E-state index is 0.119. The maximum atomic E-state index is 11.3. The molecule has 0 aliphatic heterocycles. The second-order valence-electron chi connectivity index (χ2n) is 2.54. The standard InChI is InChI=1S/C8H6BrNOS/c1-10-7-3-2-5(9)4-6(7)8(11)12-10/h2-4H,1H3. The molecule has 62 valence electrons. The first-order valence-electron chi connectivity index (χ1n) is 3.44. The highest BCUT2D eigenvalue weighted by Crippen LogP contribution is 2.18. The average molecular weight is 244 g/mol. The van der Waals surface area contributed by atoms with Gasteiger partial charge in [-0.3, -0.25) is 8.75 Å². The first-order chi connectivity index (χ1) is 5.68. The Kier molecular flexibility index (Phi) is 1.81. The number of rotatable bonds is 0. The Hall–Kier alpha value is -0.610. The summed E-state index contributed by atoms with van der Waals surface area (Å²) in [5, 5.41) is 0.789. The monoisotopic (exact) mass is 243 g/mol. The molecule has 0 bridgehead atoms. The molecule has 0 aliphatic rings. The Morgan fingerprint density at radius 2 is 2.25 bits per heavy atom. The van der Waals surface area contributed by atoms with E-state index in [0.717, 1.165) is 15.4 Å². The molecule has 0 spiro atoms. The van der Waals surface area contributed by atoms with Crippen LogP contribution in [0.15, 0.2) is 27.5 Å². The molecule has 12 heavy (non-hydrogen) atoms. The molecule has 0 atom stereocenters. The Morgan fingerprint density at radius 1 is 1.50 bits per heavy atom. The summed E-state index contributed by atoms with van der Waals surface area (Å²) in [7, 11) is 1.89. The molecule has 1 heterocycles. The van der Waals surface area contributed by atoms with Crippen molar-refractivity contribution in [1.82, 2.24) is 3.96 Å².